The number of pyridine rings is 1. The fourth-order valence-electron chi connectivity index (χ4n) is 2.75. The van der Waals surface area contributed by atoms with Crippen LogP contribution in [0.15, 0.2) is 63.9 Å². The standard InChI is InChI=1S/C20H17N3O3S/c1-23(11-14-7-9-27-13-14)20(24)17-10-16(26-22-17)12-25-18-6-2-4-15-5-3-8-21-19(15)18/h2-10,13H,11-12H2,1H3. The van der Waals surface area contributed by atoms with Crippen LogP contribution < -0.4 is 4.74 Å². The summed E-state index contributed by atoms with van der Waals surface area (Å²) in [5.74, 6) is 0.949. The molecule has 7 heteroatoms. The van der Waals surface area contributed by atoms with Crippen LogP contribution in [-0.4, -0.2) is 28.0 Å². The molecule has 0 saturated carbocycles. The first-order chi connectivity index (χ1) is 13.2. The Morgan fingerprint density at radius 2 is 2.15 bits per heavy atom. The first-order valence-electron chi connectivity index (χ1n) is 8.39. The summed E-state index contributed by atoms with van der Waals surface area (Å²) >= 11 is 1.60. The third-order valence-electron chi connectivity index (χ3n) is 4.09. The number of para-hydroxylation sites is 1. The van der Waals surface area contributed by atoms with E-state index < -0.39 is 0 Å². The van der Waals surface area contributed by atoms with Gasteiger partial charge in [0.05, 0.1) is 0 Å². The van der Waals surface area contributed by atoms with Crippen LogP contribution in [0.3, 0.4) is 0 Å². The number of carbonyl (C=O) groups excluding carboxylic acids is 1. The SMILES string of the molecule is CN(Cc1ccsc1)C(=O)c1cc(COc2cccc3cccnc23)on1. The number of benzene rings is 1. The van der Waals surface area contributed by atoms with Gasteiger partial charge in [-0.3, -0.25) is 9.78 Å². The van der Waals surface area contributed by atoms with Gasteiger partial charge >= 0.3 is 0 Å². The number of fused-ring (bicyclic) bond motifs is 1. The molecular formula is C20H17N3O3S. The van der Waals surface area contributed by atoms with E-state index in [-0.39, 0.29) is 18.2 Å². The van der Waals surface area contributed by atoms with Gasteiger partial charge < -0.3 is 14.2 Å². The maximum absolute atomic E-state index is 12.5. The van der Waals surface area contributed by atoms with Crippen molar-refractivity contribution in [1.82, 2.24) is 15.0 Å². The van der Waals surface area contributed by atoms with Gasteiger partial charge in [0.15, 0.2) is 11.5 Å². The summed E-state index contributed by atoms with van der Waals surface area (Å²) in [6, 6.07) is 13.2. The number of hydrogen-bond donors (Lipinski definition) is 0. The molecule has 4 aromatic rings. The van der Waals surface area contributed by atoms with Gasteiger partial charge in [0, 0.05) is 31.2 Å². The zero-order valence-electron chi connectivity index (χ0n) is 14.7. The molecule has 136 valence electrons. The van der Waals surface area contributed by atoms with Gasteiger partial charge in [0.2, 0.25) is 0 Å². The number of thiophene rings is 1. The summed E-state index contributed by atoms with van der Waals surface area (Å²) in [5.41, 5.74) is 2.14. The average Bonchev–Trinajstić information content (AvgIpc) is 3.37. The second-order valence-corrected chi connectivity index (χ2v) is 6.87. The van der Waals surface area contributed by atoms with Crippen molar-refractivity contribution in [3.8, 4) is 5.75 Å². The molecule has 0 N–H and O–H groups in total. The first kappa shape index (κ1) is 17.2. The Balaban J connectivity index is 1.42. The van der Waals surface area contributed by atoms with Gasteiger partial charge in [-0.05, 0) is 34.5 Å². The first-order valence-corrected chi connectivity index (χ1v) is 9.33. The Morgan fingerprint density at radius 3 is 3.00 bits per heavy atom. The molecule has 0 radical (unpaired) electrons. The summed E-state index contributed by atoms with van der Waals surface area (Å²) in [5, 5.41) is 8.89. The molecule has 0 atom stereocenters. The number of hydrogen-bond acceptors (Lipinski definition) is 6. The Bertz CT molecular complexity index is 1050. The summed E-state index contributed by atoms with van der Waals surface area (Å²) < 4.78 is 11.1. The highest BCUT2D eigenvalue weighted by molar-refractivity contribution is 7.07. The van der Waals surface area contributed by atoms with Gasteiger partial charge in [-0.25, -0.2) is 0 Å². The van der Waals surface area contributed by atoms with Crippen molar-refractivity contribution >= 4 is 28.1 Å². The summed E-state index contributed by atoms with van der Waals surface area (Å²) in [7, 11) is 1.74. The number of aromatic nitrogens is 2. The maximum Gasteiger partial charge on any atom is 0.276 e. The Morgan fingerprint density at radius 1 is 1.26 bits per heavy atom. The lowest BCUT2D eigenvalue weighted by Gasteiger charge is -2.14. The van der Waals surface area contributed by atoms with E-state index in [1.807, 2.05) is 47.2 Å². The Hall–Kier alpha value is -3.19. The molecule has 27 heavy (non-hydrogen) atoms. The van der Waals surface area contributed by atoms with E-state index in [1.54, 1.807) is 35.5 Å². The van der Waals surface area contributed by atoms with E-state index in [1.165, 1.54) is 0 Å². The van der Waals surface area contributed by atoms with E-state index in [4.69, 9.17) is 9.26 Å². The fraction of sp³-hybridized carbons (Fsp3) is 0.150. The molecule has 0 aliphatic carbocycles. The molecule has 0 spiro atoms. The highest BCUT2D eigenvalue weighted by Crippen LogP contribution is 2.24. The maximum atomic E-state index is 12.5. The number of rotatable bonds is 6. The average molecular weight is 379 g/mol. The van der Waals surface area contributed by atoms with Crippen molar-refractivity contribution in [1.29, 1.82) is 0 Å². The van der Waals surface area contributed by atoms with Gasteiger partial charge in [-0.2, -0.15) is 11.3 Å². The van der Waals surface area contributed by atoms with Crippen molar-refractivity contribution in [3.63, 3.8) is 0 Å². The van der Waals surface area contributed by atoms with Gasteiger partial charge in [-0.1, -0.05) is 23.4 Å². The van der Waals surface area contributed by atoms with Crippen LogP contribution in [0.25, 0.3) is 10.9 Å². The molecule has 6 nitrogen and oxygen atoms in total. The minimum absolute atomic E-state index is 0.171. The lowest BCUT2D eigenvalue weighted by atomic mass is 10.2. The van der Waals surface area contributed by atoms with Crippen LogP contribution in [-0.2, 0) is 13.2 Å². The largest absolute Gasteiger partial charge is 0.483 e. The zero-order chi connectivity index (χ0) is 18.6. The lowest BCUT2D eigenvalue weighted by molar-refractivity contribution is 0.0774. The Kier molecular flexibility index (Phi) is 4.84. The van der Waals surface area contributed by atoms with Crippen molar-refractivity contribution in [2.45, 2.75) is 13.2 Å². The second kappa shape index (κ2) is 7.59. The molecule has 0 aliphatic rings. The van der Waals surface area contributed by atoms with Crippen LogP contribution in [0, 0.1) is 0 Å². The monoisotopic (exact) mass is 379 g/mol. The van der Waals surface area contributed by atoms with Crippen molar-refractivity contribution < 1.29 is 14.1 Å². The number of nitrogens with zero attached hydrogens (tertiary/aromatic N) is 3. The van der Waals surface area contributed by atoms with E-state index in [0.717, 1.165) is 16.5 Å². The number of ether oxygens (including phenoxy) is 1. The van der Waals surface area contributed by atoms with E-state index >= 15 is 0 Å². The van der Waals surface area contributed by atoms with Crippen LogP contribution >= 0.6 is 11.3 Å². The third kappa shape index (κ3) is 3.83. The lowest BCUT2D eigenvalue weighted by Crippen LogP contribution is -2.26. The van der Waals surface area contributed by atoms with Gasteiger partial charge in [0.1, 0.15) is 17.9 Å². The molecule has 3 aromatic heterocycles. The molecule has 3 heterocycles. The molecule has 1 amide bonds. The summed E-state index contributed by atoms with van der Waals surface area (Å²) in [4.78, 5) is 18.5. The molecule has 0 saturated heterocycles. The molecule has 1 aromatic carbocycles. The minimum Gasteiger partial charge on any atom is -0.483 e. The summed E-state index contributed by atoms with van der Waals surface area (Å²) in [6.45, 7) is 0.701. The number of carbonyl (C=O) groups is 1. The molecule has 4 rings (SSSR count). The van der Waals surface area contributed by atoms with Crippen molar-refractivity contribution in [2.24, 2.45) is 0 Å². The number of amides is 1. The predicted molar refractivity (Wildman–Crippen MR) is 103 cm³/mol. The van der Waals surface area contributed by atoms with Gasteiger partial charge in [0.25, 0.3) is 5.91 Å². The molecule has 0 bridgehead atoms. The molecule has 0 aliphatic heterocycles. The quantitative estimate of drug-likeness (QED) is 0.504. The minimum atomic E-state index is -0.192. The highest BCUT2D eigenvalue weighted by Gasteiger charge is 2.18. The Labute approximate surface area is 160 Å². The van der Waals surface area contributed by atoms with E-state index in [2.05, 4.69) is 10.1 Å². The van der Waals surface area contributed by atoms with Crippen LogP contribution in [0.2, 0.25) is 0 Å². The van der Waals surface area contributed by atoms with Crippen molar-refractivity contribution in [2.75, 3.05) is 7.05 Å². The van der Waals surface area contributed by atoms with Crippen molar-refractivity contribution in [3.05, 3.63) is 76.4 Å². The van der Waals surface area contributed by atoms with Gasteiger partial charge in [-0.15, -0.1) is 0 Å². The van der Waals surface area contributed by atoms with Crippen LogP contribution in [0.1, 0.15) is 21.8 Å². The predicted octanol–water partition coefficient (Wildman–Crippen LogP) is 4.14. The molecule has 0 unspecified atom stereocenters. The smallest absolute Gasteiger partial charge is 0.276 e. The fourth-order valence-corrected chi connectivity index (χ4v) is 3.41. The molecule has 0 fully saturated rings. The van der Waals surface area contributed by atoms with E-state index in [9.17, 15) is 4.79 Å². The van der Waals surface area contributed by atoms with Crippen LogP contribution in [0.4, 0.5) is 0 Å². The topological polar surface area (TPSA) is 68.5 Å². The van der Waals surface area contributed by atoms with E-state index in [0.29, 0.717) is 18.1 Å². The second-order valence-electron chi connectivity index (χ2n) is 6.09. The molecular weight excluding hydrogens is 362 g/mol. The summed E-state index contributed by atoms with van der Waals surface area (Å²) in [6.07, 6.45) is 1.73. The highest BCUT2D eigenvalue weighted by atomic mass is 32.1. The normalized spacial score (nSPS) is 10.9. The van der Waals surface area contributed by atoms with Crippen LogP contribution in [0.5, 0.6) is 5.75 Å². The zero-order valence-corrected chi connectivity index (χ0v) is 15.5. The third-order valence-corrected chi connectivity index (χ3v) is 4.82.